The van der Waals surface area contributed by atoms with Crippen LogP contribution in [0.3, 0.4) is 0 Å². The minimum Gasteiger partial charge on any atom is -0.490 e. The molecule has 0 bridgehead atoms. The van der Waals surface area contributed by atoms with Crippen LogP contribution in [0.5, 0.6) is 5.75 Å². The monoisotopic (exact) mass is 740 g/mol. The first kappa shape index (κ1) is 38.4. The molecular formula is C43H53ClN4O5. The standard InChI is InChI=1S/C43H53ClN4O5/c1-24-14-15-29(21-30(24)22-32-23-33(43(5,6)7)16-17-34(32)52-27(4)20-35(49)50)40-46-41-36(37(45-8)39(44)48(41)47-40)42(51)53-38-25(2)18-31(19-26(38)3)28-12-10-9-11-13-28/h14-17,21,23,25-28,31,38H,9-13,18-20,22H2,1-7H3,(H,46,47)(H,49,50). The number of aryl methyl sites for hydroxylation is 1. The fraction of sp³-hybridized carbons (Fsp3) is 0.535. The van der Waals surface area contributed by atoms with Gasteiger partial charge in [-0.05, 0) is 90.2 Å². The predicted molar refractivity (Wildman–Crippen MR) is 208 cm³/mol. The summed E-state index contributed by atoms with van der Waals surface area (Å²) in [5.74, 6) is 1.54. The average molecular weight is 741 g/mol. The van der Waals surface area contributed by atoms with E-state index < -0.39 is 18.0 Å². The Kier molecular flexibility index (Phi) is 11.3. The summed E-state index contributed by atoms with van der Waals surface area (Å²) in [7, 11) is 0. The quantitative estimate of drug-likeness (QED) is 0.124. The molecule has 0 radical (unpaired) electrons. The predicted octanol–water partition coefficient (Wildman–Crippen LogP) is 10.8. The van der Waals surface area contributed by atoms with E-state index in [1.165, 1.54) is 36.6 Å². The van der Waals surface area contributed by atoms with Crippen molar-refractivity contribution >= 4 is 34.9 Å². The number of carbonyl (C=O) groups excluding carboxylic acids is 1. The lowest BCUT2D eigenvalue weighted by atomic mass is 9.66. The first-order valence-electron chi connectivity index (χ1n) is 19.1. The Hall–Kier alpha value is -4.29. The van der Waals surface area contributed by atoms with E-state index in [-0.39, 0.29) is 51.8 Å². The Morgan fingerprint density at radius 2 is 1.75 bits per heavy atom. The van der Waals surface area contributed by atoms with Crippen molar-refractivity contribution in [1.29, 1.82) is 0 Å². The molecule has 3 unspecified atom stereocenters. The van der Waals surface area contributed by atoms with Gasteiger partial charge in [-0.25, -0.2) is 19.1 Å². The van der Waals surface area contributed by atoms with Crippen molar-refractivity contribution in [2.24, 2.45) is 23.7 Å². The molecule has 3 atom stereocenters. The fourth-order valence-electron chi connectivity index (χ4n) is 8.69. The van der Waals surface area contributed by atoms with Crippen LogP contribution in [0.4, 0.5) is 5.69 Å². The minimum absolute atomic E-state index is 0.0335. The highest BCUT2D eigenvalue weighted by Crippen LogP contribution is 2.44. The van der Waals surface area contributed by atoms with E-state index in [1.54, 1.807) is 6.92 Å². The van der Waals surface area contributed by atoms with Crippen LogP contribution in [0.25, 0.3) is 21.9 Å². The molecule has 2 aromatic carbocycles. The molecule has 2 aliphatic rings. The largest absolute Gasteiger partial charge is 0.490 e. The maximum atomic E-state index is 14.0. The van der Waals surface area contributed by atoms with Crippen LogP contribution in [-0.2, 0) is 21.4 Å². The summed E-state index contributed by atoms with van der Waals surface area (Å²) in [4.78, 5) is 33.8. The number of halogens is 1. The molecule has 6 rings (SSSR count). The molecule has 4 aromatic rings. The van der Waals surface area contributed by atoms with Crippen LogP contribution < -0.4 is 4.74 Å². The number of carbonyl (C=O) groups is 2. The molecule has 2 fully saturated rings. The third-order valence-corrected chi connectivity index (χ3v) is 11.9. The van der Waals surface area contributed by atoms with Gasteiger partial charge in [0, 0.05) is 12.0 Å². The van der Waals surface area contributed by atoms with Crippen LogP contribution in [0.2, 0.25) is 5.15 Å². The zero-order chi connectivity index (χ0) is 38.2. The molecular weight excluding hydrogens is 688 g/mol. The summed E-state index contributed by atoms with van der Waals surface area (Å²) in [5.41, 5.74) is 5.27. The Balaban J connectivity index is 1.28. The Bertz CT molecular complexity index is 2020. The number of aromatic nitrogens is 3. The average Bonchev–Trinajstić information content (AvgIpc) is 3.64. The van der Waals surface area contributed by atoms with Crippen molar-refractivity contribution < 1.29 is 24.2 Å². The van der Waals surface area contributed by atoms with Gasteiger partial charge < -0.3 is 14.6 Å². The number of benzene rings is 2. The van der Waals surface area contributed by atoms with Gasteiger partial charge in [-0.1, -0.05) is 103 Å². The van der Waals surface area contributed by atoms with Crippen molar-refractivity contribution in [2.45, 2.75) is 124 Å². The molecule has 0 amide bonds. The van der Waals surface area contributed by atoms with Gasteiger partial charge in [-0.3, -0.25) is 9.89 Å². The van der Waals surface area contributed by atoms with Crippen LogP contribution in [0, 0.1) is 37.2 Å². The Morgan fingerprint density at radius 3 is 2.40 bits per heavy atom. The Morgan fingerprint density at radius 1 is 1.06 bits per heavy atom. The lowest BCUT2D eigenvalue weighted by Crippen LogP contribution is -2.40. The summed E-state index contributed by atoms with van der Waals surface area (Å²) in [6.07, 6.45) is 8.38. The van der Waals surface area contributed by atoms with Crippen molar-refractivity contribution in [2.75, 3.05) is 0 Å². The van der Waals surface area contributed by atoms with Crippen LogP contribution in [0.15, 0.2) is 36.4 Å². The number of esters is 1. The van der Waals surface area contributed by atoms with E-state index in [2.05, 4.69) is 56.7 Å². The second kappa shape index (κ2) is 15.6. The molecule has 0 spiro atoms. The fourth-order valence-corrected chi connectivity index (χ4v) is 8.95. The van der Waals surface area contributed by atoms with Gasteiger partial charge in [0.25, 0.3) is 0 Å². The van der Waals surface area contributed by atoms with Gasteiger partial charge >= 0.3 is 11.9 Å². The molecule has 9 nitrogen and oxygen atoms in total. The van der Waals surface area contributed by atoms with Gasteiger partial charge in [-0.2, -0.15) is 0 Å². The highest BCUT2D eigenvalue weighted by atomic mass is 35.5. The zero-order valence-electron chi connectivity index (χ0n) is 32.1. The number of hydrogen-bond acceptors (Lipinski definition) is 5. The molecule has 2 saturated carbocycles. The van der Waals surface area contributed by atoms with Crippen LogP contribution >= 0.6 is 11.6 Å². The maximum absolute atomic E-state index is 14.0. The van der Waals surface area contributed by atoms with E-state index >= 15 is 0 Å². The van der Waals surface area contributed by atoms with Crippen molar-refractivity contribution in [1.82, 2.24) is 14.6 Å². The van der Waals surface area contributed by atoms with Gasteiger partial charge in [-0.15, -0.1) is 0 Å². The lowest BCUT2D eigenvalue weighted by Gasteiger charge is -2.42. The summed E-state index contributed by atoms with van der Waals surface area (Å²) in [6.45, 7) is 22.5. The first-order chi connectivity index (χ1) is 25.1. The highest BCUT2D eigenvalue weighted by Gasteiger charge is 2.40. The number of H-pyrrole nitrogens is 1. The second-order valence-corrected chi connectivity index (χ2v) is 17.1. The summed E-state index contributed by atoms with van der Waals surface area (Å²) in [5, 5.41) is 12.6. The molecule has 282 valence electrons. The van der Waals surface area contributed by atoms with Gasteiger partial charge in [0.15, 0.2) is 11.5 Å². The number of nitrogens with zero attached hydrogens (tertiary/aromatic N) is 3. The number of nitrogens with one attached hydrogen (secondary N) is 1. The topological polar surface area (TPSA) is 110 Å². The number of hydrogen-bond donors (Lipinski definition) is 2. The number of carboxylic acids is 1. The number of carboxylic acid groups (broad SMARTS) is 1. The zero-order valence-corrected chi connectivity index (χ0v) is 32.8. The van der Waals surface area contributed by atoms with Crippen LogP contribution in [-0.4, -0.2) is 43.9 Å². The lowest BCUT2D eigenvalue weighted by molar-refractivity contribution is -0.138. The first-order valence-corrected chi connectivity index (χ1v) is 19.5. The summed E-state index contributed by atoms with van der Waals surface area (Å²) >= 11 is 6.74. The summed E-state index contributed by atoms with van der Waals surface area (Å²) < 4.78 is 13.9. The van der Waals surface area contributed by atoms with E-state index in [4.69, 9.17) is 32.6 Å². The van der Waals surface area contributed by atoms with E-state index in [0.29, 0.717) is 23.9 Å². The normalized spacial score (nSPS) is 21.6. The molecule has 2 aliphatic carbocycles. The molecule has 10 heteroatoms. The third-order valence-electron chi connectivity index (χ3n) is 11.6. The smallest absolute Gasteiger partial charge is 0.331 e. The minimum atomic E-state index is -0.912. The third kappa shape index (κ3) is 8.28. The van der Waals surface area contributed by atoms with Gasteiger partial charge in [0.05, 0.1) is 13.0 Å². The number of rotatable bonds is 10. The van der Waals surface area contributed by atoms with Gasteiger partial charge in [0.2, 0.25) is 5.69 Å². The van der Waals surface area contributed by atoms with E-state index in [9.17, 15) is 14.7 Å². The Labute approximate surface area is 318 Å². The van der Waals surface area contributed by atoms with Crippen molar-refractivity contribution in [3.63, 3.8) is 0 Å². The number of ether oxygens (including phenoxy) is 2. The molecule has 0 saturated heterocycles. The summed E-state index contributed by atoms with van der Waals surface area (Å²) in [6, 6.07) is 12.2. The highest BCUT2D eigenvalue weighted by molar-refractivity contribution is 6.34. The van der Waals surface area contributed by atoms with Crippen molar-refractivity contribution in [3.05, 3.63) is 80.8 Å². The van der Waals surface area contributed by atoms with Gasteiger partial charge in [0.1, 0.15) is 28.7 Å². The van der Waals surface area contributed by atoms with Crippen LogP contribution in [0.1, 0.15) is 126 Å². The molecule has 2 heterocycles. The maximum Gasteiger partial charge on any atom is 0.331 e. The number of aromatic amines is 1. The van der Waals surface area contributed by atoms with E-state index in [1.807, 2.05) is 31.2 Å². The van der Waals surface area contributed by atoms with E-state index in [0.717, 1.165) is 46.6 Å². The molecule has 2 aromatic heterocycles. The van der Waals surface area contributed by atoms with Crippen molar-refractivity contribution in [3.8, 4) is 17.1 Å². The molecule has 0 aliphatic heterocycles. The molecule has 2 N–H and O–H groups in total. The second-order valence-electron chi connectivity index (χ2n) is 16.7. The molecule has 53 heavy (non-hydrogen) atoms. The SMILES string of the molecule is [C-]#[N+]c1c(C(=O)OC2C(C)CC(C3CCCCC3)CC2C)c2nc(-c3ccc(C)c(Cc4cc(C(C)(C)C)ccc4OC(C)CC(=O)O)c3)[nH]n2c1Cl. The number of fused-ring (bicyclic) bond motifs is 1. The number of aliphatic carboxylic acids is 1.